The van der Waals surface area contributed by atoms with E-state index >= 15 is 0 Å². The summed E-state index contributed by atoms with van der Waals surface area (Å²) in [4.78, 5) is 0. The van der Waals surface area contributed by atoms with Gasteiger partial charge in [0.25, 0.3) is 0 Å². The third-order valence-corrected chi connectivity index (χ3v) is 3.88. The summed E-state index contributed by atoms with van der Waals surface area (Å²) in [7, 11) is 0. The molecule has 1 unspecified atom stereocenters. The van der Waals surface area contributed by atoms with Gasteiger partial charge < -0.3 is 5.32 Å². The second-order valence-corrected chi connectivity index (χ2v) is 5.58. The summed E-state index contributed by atoms with van der Waals surface area (Å²) in [6.07, 6.45) is 2.15. The summed E-state index contributed by atoms with van der Waals surface area (Å²) >= 11 is 5.87. The maximum absolute atomic E-state index is 13.3. The smallest absolute Gasteiger partial charge is 0.141 e. The van der Waals surface area contributed by atoms with Crippen molar-refractivity contribution in [1.82, 2.24) is 5.32 Å². The lowest BCUT2D eigenvalue weighted by molar-refractivity contribution is 0.518. The molecule has 2 aromatic rings. The molecule has 0 radical (unpaired) electrons. The normalized spacial score (nSPS) is 12.4. The predicted octanol–water partition coefficient (Wildman–Crippen LogP) is 5.60. The molecule has 0 aliphatic rings. The van der Waals surface area contributed by atoms with Gasteiger partial charge in [-0.25, -0.2) is 4.39 Å². The van der Waals surface area contributed by atoms with Crippen molar-refractivity contribution in [3.8, 4) is 11.1 Å². The highest BCUT2D eigenvalue weighted by atomic mass is 35.5. The molecule has 21 heavy (non-hydrogen) atoms. The Bertz CT molecular complexity index is 598. The number of hydrogen-bond acceptors (Lipinski definition) is 1. The van der Waals surface area contributed by atoms with Gasteiger partial charge in [0.15, 0.2) is 0 Å². The van der Waals surface area contributed by atoms with Crippen LogP contribution in [0.4, 0.5) is 4.39 Å². The Labute approximate surface area is 131 Å². The van der Waals surface area contributed by atoms with Crippen LogP contribution in [0.25, 0.3) is 11.1 Å². The second kappa shape index (κ2) is 7.58. The Morgan fingerprint density at radius 3 is 2.52 bits per heavy atom. The van der Waals surface area contributed by atoms with Crippen molar-refractivity contribution in [3.63, 3.8) is 0 Å². The highest BCUT2D eigenvalue weighted by molar-refractivity contribution is 6.31. The van der Waals surface area contributed by atoms with Gasteiger partial charge in [0.05, 0.1) is 5.02 Å². The molecule has 0 amide bonds. The first-order chi connectivity index (χ1) is 10.2. The van der Waals surface area contributed by atoms with Crippen LogP contribution in [0, 0.1) is 5.82 Å². The Morgan fingerprint density at radius 2 is 1.86 bits per heavy atom. The van der Waals surface area contributed by atoms with E-state index in [1.165, 1.54) is 11.6 Å². The topological polar surface area (TPSA) is 12.0 Å². The molecule has 2 aromatic carbocycles. The van der Waals surface area contributed by atoms with Gasteiger partial charge in [-0.2, -0.15) is 0 Å². The number of benzene rings is 2. The van der Waals surface area contributed by atoms with E-state index in [2.05, 4.69) is 31.3 Å². The summed E-state index contributed by atoms with van der Waals surface area (Å²) in [6, 6.07) is 13.6. The van der Waals surface area contributed by atoms with Crippen LogP contribution in [-0.4, -0.2) is 6.54 Å². The van der Waals surface area contributed by atoms with E-state index in [1.807, 2.05) is 12.1 Å². The third kappa shape index (κ3) is 4.05. The molecule has 3 heteroatoms. The molecule has 0 saturated carbocycles. The molecular formula is C18H21ClFN. The van der Waals surface area contributed by atoms with Crippen LogP contribution in [0.2, 0.25) is 5.02 Å². The molecule has 112 valence electrons. The molecule has 1 N–H and O–H groups in total. The lowest BCUT2D eigenvalue weighted by Gasteiger charge is -2.18. The summed E-state index contributed by atoms with van der Waals surface area (Å²) < 4.78 is 13.3. The standard InChI is InChI=1S/C18H21ClFN/c1-3-10-21-18(4-2)15-7-5-6-13(11-15)14-8-9-17(20)16(19)12-14/h5-9,11-12,18,21H,3-4,10H2,1-2H3. The minimum absolute atomic E-state index is 0.161. The van der Waals surface area contributed by atoms with Gasteiger partial charge >= 0.3 is 0 Å². The second-order valence-electron chi connectivity index (χ2n) is 5.17. The summed E-state index contributed by atoms with van der Waals surface area (Å²) in [5.41, 5.74) is 3.25. The fourth-order valence-corrected chi connectivity index (χ4v) is 2.61. The Morgan fingerprint density at radius 1 is 1.10 bits per heavy atom. The number of halogens is 2. The van der Waals surface area contributed by atoms with Crippen molar-refractivity contribution >= 4 is 11.6 Å². The van der Waals surface area contributed by atoms with E-state index in [-0.39, 0.29) is 10.8 Å². The van der Waals surface area contributed by atoms with Crippen LogP contribution in [0.1, 0.15) is 38.3 Å². The molecule has 0 aromatic heterocycles. The average Bonchev–Trinajstić information content (AvgIpc) is 2.51. The van der Waals surface area contributed by atoms with Crippen molar-refractivity contribution in [3.05, 3.63) is 58.9 Å². The summed E-state index contributed by atoms with van der Waals surface area (Å²) in [5.74, 6) is -0.382. The first-order valence-electron chi connectivity index (χ1n) is 7.44. The summed E-state index contributed by atoms with van der Waals surface area (Å²) in [5, 5.41) is 3.71. The molecule has 1 atom stereocenters. The van der Waals surface area contributed by atoms with Crippen molar-refractivity contribution < 1.29 is 4.39 Å². The largest absolute Gasteiger partial charge is 0.310 e. The molecule has 0 aliphatic carbocycles. The van der Waals surface area contributed by atoms with Crippen LogP contribution in [0.3, 0.4) is 0 Å². The molecule has 0 fully saturated rings. The van der Waals surface area contributed by atoms with E-state index in [4.69, 9.17) is 11.6 Å². The van der Waals surface area contributed by atoms with Gasteiger partial charge in [0.1, 0.15) is 5.82 Å². The van der Waals surface area contributed by atoms with Crippen molar-refractivity contribution in [2.24, 2.45) is 0 Å². The van der Waals surface area contributed by atoms with Gasteiger partial charge in [-0.15, -0.1) is 0 Å². The minimum atomic E-state index is -0.382. The van der Waals surface area contributed by atoms with Crippen LogP contribution in [0.5, 0.6) is 0 Å². The molecule has 2 rings (SSSR count). The zero-order valence-corrected chi connectivity index (χ0v) is 13.3. The fraction of sp³-hybridized carbons (Fsp3) is 0.333. The Kier molecular flexibility index (Phi) is 5.77. The SMILES string of the molecule is CCCNC(CC)c1cccc(-c2ccc(F)c(Cl)c2)c1. The van der Waals surface area contributed by atoms with E-state index < -0.39 is 0 Å². The highest BCUT2D eigenvalue weighted by Gasteiger charge is 2.10. The number of hydrogen-bond donors (Lipinski definition) is 1. The van der Waals surface area contributed by atoms with Gasteiger partial charge in [0, 0.05) is 6.04 Å². The van der Waals surface area contributed by atoms with Crippen molar-refractivity contribution in [2.75, 3.05) is 6.54 Å². The summed E-state index contributed by atoms with van der Waals surface area (Å²) in [6.45, 7) is 5.34. The average molecular weight is 306 g/mol. The molecule has 0 saturated heterocycles. The van der Waals surface area contributed by atoms with Crippen molar-refractivity contribution in [1.29, 1.82) is 0 Å². The predicted molar refractivity (Wildman–Crippen MR) is 88.2 cm³/mol. The highest BCUT2D eigenvalue weighted by Crippen LogP contribution is 2.27. The maximum Gasteiger partial charge on any atom is 0.141 e. The van der Waals surface area contributed by atoms with Gasteiger partial charge in [-0.05, 0) is 54.3 Å². The minimum Gasteiger partial charge on any atom is -0.310 e. The van der Waals surface area contributed by atoms with E-state index in [0.717, 1.165) is 30.5 Å². The Balaban J connectivity index is 2.29. The van der Waals surface area contributed by atoms with Crippen LogP contribution >= 0.6 is 11.6 Å². The lowest BCUT2D eigenvalue weighted by atomic mass is 9.98. The Hall–Kier alpha value is -1.38. The van der Waals surface area contributed by atoms with Gasteiger partial charge in [0.2, 0.25) is 0 Å². The van der Waals surface area contributed by atoms with E-state index in [9.17, 15) is 4.39 Å². The van der Waals surface area contributed by atoms with E-state index in [0.29, 0.717) is 6.04 Å². The molecule has 1 nitrogen and oxygen atoms in total. The molecule has 0 heterocycles. The third-order valence-electron chi connectivity index (χ3n) is 3.59. The molecule has 0 aliphatic heterocycles. The van der Waals surface area contributed by atoms with Crippen LogP contribution in [-0.2, 0) is 0 Å². The van der Waals surface area contributed by atoms with Crippen LogP contribution in [0.15, 0.2) is 42.5 Å². The quantitative estimate of drug-likeness (QED) is 0.733. The van der Waals surface area contributed by atoms with Crippen LogP contribution < -0.4 is 5.32 Å². The molecular weight excluding hydrogens is 285 g/mol. The number of rotatable bonds is 6. The van der Waals surface area contributed by atoms with Gasteiger partial charge in [-0.3, -0.25) is 0 Å². The molecule has 0 spiro atoms. The zero-order chi connectivity index (χ0) is 15.2. The van der Waals surface area contributed by atoms with Gasteiger partial charge in [-0.1, -0.05) is 49.7 Å². The lowest BCUT2D eigenvalue weighted by Crippen LogP contribution is -2.21. The molecule has 0 bridgehead atoms. The van der Waals surface area contributed by atoms with Crippen molar-refractivity contribution in [2.45, 2.75) is 32.7 Å². The first-order valence-corrected chi connectivity index (χ1v) is 7.82. The maximum atomic E-state index is 13.3. The van der Waals surface area contributed by atoms with E-state index in [1.54, 1.807) is 12.1 Å². The number of nitrogens with one attached hydrogen (secondary N) is 1. The zero-order valence-electron chi connectivity index (χ0n) is 12.5. The monoisotopic (exact) mass is 305 g/mol. The fourth-order valence-electron chi connectivity index (χ4n) is 2.43. The first kappa shape index (κ1) is 16.0.